The molecular formula is C12H24Si. The maximum Gasteiger partial charge on any atom is 0.0442 e. The largest absolute Gasteiger partial charge is 0.0810 e. The molecule has 0 N–H and O–H groups in total. The van der Waals surface area contributed by atoms with E-state index < -0.39 is 8.07 Å². The molecular weight excluding hydrogens is 172 g/mol. The summed E-state index contributed by atoms with van der Waals surface area (Å²) in [4.78, 5) is 0. The van der Waals surface area contributed by atoms with Crippen molar-refractivity contribution in [3.63, 3.8) is 0 Å². The molecule has 0 bridgehead atoms. The Morgan fingerprint density at radius 1 is 0.923 bits per heavy atom. The van der Waals surface area contributed by atoms with Gasteiger partial charge in [-0.05, 0) is 12.3 Å². The lowest BCUT2D eigenvalue weighted by Crippen LogP contribution is -2.18. The maximum absolute atomic E-state index is 2.47. The lowest BCUT2D eigenvalue weighted by Gasteiger charge is -2.14. The summed E-state index contributed by atoms with van der Waals surface area (Å²) in [6.07, 6.45) is 11.9. The molecule has 13 heavy (non-hydrogen) atoms. The third-order valence-electron chi connectivity index (χ3n) is 2.68. The SMILES string of the molecule is C[Si](C)(C)CCCCCCC1C=C1. The Morgan fingerprint density at radius 3 is 2.08 bits per heavy atom. The van der Waals surface area contributed by atoms with Gasteiger partial charge in [0.05, 0.1) is 0 Å². The smallest absolute Gasteiger partial charge is 0.0442 e. The van der Waals surface area contributed by atoms with E-state index in [4.69, 9.17) is 0 Å². The Kier molecular flexibility index (Phi) is 4.24. The van der Waals surface area contributed by atoms with Crippen molar-refractivity contribution in [1.82, 2.24) is 0 Å². The highest BCUT2D eigenvalue weighted by molar-refractivity contribution is 6.76. The Morgan fingerprint density at radius 2 is 1.54 bits per heavy atom. The predicted molar refractivity (Wildman–Crippen MR) is 63.9 cm³/mol. The number of hydrogen-bond donors (Lipinski definition) is 0. The van der Waals surface area contributed by atoms with Crippen molar-refractivity contribution in [1.29, 1.82) is 0 Å². The van der Waals surface area contributed by atoms with Crippen molar-refractivity contribution in [3.05, 3.63) is 12.2 Å². The molecule has 0 aromatic heterocycles. The molecule has 0 heterocycles. The first kappa shape index (κ1) is 11.0. The van der Waals surface area contributed by atoms with E-state index in [1.165, 1.54) is 38.1 Å². The van der Waals surface area contributed by atoms with Crippen LogP contribution in [0.3, 0.4) is 0 Å². The average molecular weight is 196 g/mol. The molecule has 0 aromatic rings. The standard InChI is InChI=1S/C12H24Si/c1-13(2,3)11-7-5-4-6-8-12-9-10-12/h9-10,12H,4-8,11H2,1-3H3. The third-order valence-corrected chi connectivity index (χ3v) is 4.53. The second kappa shape index (κ2) is 4.99. The summed E-state index contributed by atoms with van der Waals surface area (Å²) >= 11 is 0. The lowest BCUT2D eigenvalue weighted by atomic mass is 10.1. The Hall–Kier alpha value is -0.0431. The van der Waals surface area contributed by atoms with Gasteiger partial charge in [0.1, 0.15) is 0 Å². The number of hydrogen-bond acceptors (Lipinski definition) is 0. The van der Waals surface area contributed by atoms with Crippen LogP contribution < -0.4 is 0 Å². The van der Waals surface area contributed by atoms with Crippen LogP contribution in [0.1, 0.15) is 32.1 Å². The van der Waals surface area contributed by atoms with Crippen molar-refractivity contribution in [2.75, 3.05) is 0 Å². The van der Waals surface area contributed by atoms with Crippen LogP contribution in [0.4, 0.5) is 0 Å². The molecule has 0 nitrogen and oxygen atoms in total. The zero-order valence-electron chi connectivity index (χ0n) is 9.47. The molecule has 0 atom stereocenters. The number of unbranched alkanes of at least 4 members (excludes halogenated alkanes) is 3. The van der Waals surface area contributed by atoms with Gasteiger partial charge in [-0.25, -0.2) is 0 Å². The summed E-state index contributed by atoms with van der Waals surface area (Å²) < 4.78 is 0. The first-order valence-electron chi connectivity index (χ1n) is 5.76. The zero-order valence-corrected chi connectivity index (χ0v) is 10.5. The normalized spacial score (nSPS) is 16.5. The summed E-state index contributed by atoms with van der Waals surface area (Å²) in [5.41, 5.74) is 0. The van der Waals surface area contributed by atoms with Crippen LogP contribution in [0.25, 0.3) is 0 Å². The van der Waals surface area contributed by atoms with Crippen LogP contribution in [0.15, 0.2) is 12.2 Å². The van der Waals surface area contributed by atoms with Gasteiger partial charge in [-0.2, -0.15) is 0 Å². The molecule has 0 aliphatic heterocycles. The molecule has 0 unspecified atom stereocenters. The van der Waals surface area contributed by atoms with Crippen LogP contribution in [0, 0.1) is 5.92 Å². The molecule has 0 spiro atoms. The van der Waals surface area contributed by atoms with E-state index in [1.54, 1.807) is 0 Å². The Labute approximate surface area is 84.4 Å². The molecule has 1 aliphatic rings. The molecule has 0 saturated carbocycles. The van der Waals surface area contributed by atoms with E-state index in [-0.39, 0.29) is 0 Å². The molecule has 1 aliphatic carbocycles. The summed E-state index contributed by atoms with van der Waals surface area (Å²) in [7, 11) is -0.739. The van der Waals surface area contributed by atoms with Crippen LogP contribution in [-0.2, 0) is 0 Å². The van der Waals surface area contributed by atoms with Crippen LogP contribution in [0.2, 0.25) is 25.7 Å². The summed E-state index contributed by atoms with van der Waals surface area (Å²) in [6.45, 7) is 7.42. The van der Waals surface area contributed by atoms with Crippen molar-refractivity contribution in [2.24, 2.45) is 5.92 Å². The van der Waals surface area contributed by atoms with Crippen molar-refractivity contribution in [2.45, 2.75) is 57.8 Å². The number of rotatable bonds is 7. The zero-order chi connectivity index (χ0) is 9.73. The van der Waals surface area contributed by atoms with E-state index >= 15 is 0 Å². The highest BCUT2D eigenvalue weighted by Crippen LogP contribution is 2.23. The molecule has 0 fully saturated rings. The summed E-state index contributed by atoms with van der Waals surface area (Å²) in [5.74, 6) is 0.900. The fraction of sp³-hybridized carbons (Fsp3) is 0.833. The van der Waals surface area contributed by atoms with E-state index in [0.29, 0.717) is 0 Å². The van der Waals surface area contributed by atoms with Crippen LogP contribution in [0.5, 0.6) is 0 Å². The highest BCUT2D eigenvalue weighted by Gasteiger charge is 2.12. The van der Waals surface area contributed by atoms with Gasteiger partial charge in [0.15, 0.2) is 0 Å². The molecule has 1 heteroatoms. The fourth-order valence-electron chi connectivity index (χ4n) is 1.66. The lowest BCUT2D eigenvalue weighted by molar-refractivity contribution is 0.613. The minimum absolute atomic E-state index is 0.739. The summed E-state index contributed by atoms with van der Waals surface area (Å²) in [5, 5.41) is 0. The topological polar surface area (TPSA) is 0 Å². The minimum atomic E-state index is -0.739. The van der Waals surface area contributed by atoms with E-state index in [1.807, 2.05) is 0 Å². The predicted octanol–water partition coefficient (Wildman–Crippen LogP) is 4.46. The third kappa shape index (κ3) is 7.06. The van der Waals surface area contributed by atoms with Gasteiger partial charge in [0.2, 0.25) is 0 Å². The van der Waals surface area contributed by atoms with E-state index in [0.717, 1.165) is 5.92 Å². The van der Waals surface area contributed by atoms with Gasteiger partial charge in [-0.15, -0.1) is 0 Å². The fourth-order valence-corrected chi connectivity index (χ4v) is 2.97. The van der Waals surface area contributed by atoms with Crippen LogP contribution >= 0.6 is 0 Å². The molecule has 0 amide bonds. The molecule has 0 saturated heterocycles. The second-order valence-electron chi connectivity index (χ2n) is 5.56. The van der Waals surface area contributed by atoms with E-state index in [2.05, 4.69) is 31.8 Å². The van der Waals surface area contributed by atoms with Gasteiger partial charge < -0.3 is 0 Å². The van der Waals surface area contributed by atoms with Gasteiger partial charge in [-0.3, -0.25) is 0 Å². The monoisotopic (exact) mass is 196 g/mol. The second-order valence-corrected chi connectivity index (χ2v) is 11.2. The van der Waals surface area contributed by atoms with Gasteiger partial charge in [0, 0.05) is 8.07 Å². The molecule has 0 radical (unpaired) electrons. The van der Waals surface area contributed by atoms with E-state index in [9.17, 15) is 0 Å². The number of allylic oxidation sites excluding steroid dienone is 2. The highest BCUT2D eigenvalue weighted by atomic mass is 28.3. The van der Waals surface area contributed by atoms with Gasteiger partial charge in [-0.1, -0.05) is 63.5 Å². The van der Waals surface area contributed by atoms with Gasteiger partial charge in [0.25, 0.3) is 0 Å². The van der Waals surface area contributed by atoms with Crippen LogP contribution in [-0.4, -0.2) is 8.07 Å². The van der Waals surface area contributed by atoms with Crippen molar-refractivity contribution < 1.29 is 0 Å². The molecule has 0 aromatic carbocycles. The summed E-state index contributed by atoms with van der Waals surface area (Å²) in [6, 6.07) is 1.52. The minimum Gasteiger partial charge on any atom is -0.0810 e. The van der Waals surface area contributed by atoms with Gasteiger partial charge >= 0.3 is 0 Å². The van der Waals surface area contributed by atoms with Crippen molar-refractivity contribution in [3.8, 4) is 0 Å². The quantitative estimate of drug-likeness (QED) is 0.320. The first-order valence-corrected chi connectivity index (χ1v) is 9.47. The maximum atomic E-state index is 2.47. The van der Waals surface area contributed by atoms with Crippen molar-refractivity contribution >= 4 is 8.07 Å². The average Bonchev–Trinajstić information content (AvgIpc) is 2.77. The molecule has 1 rings (SSSR count). The first-order chi connectivity index (χ1) is 6.08. The Balaban J connectivity index is 1.78. The molecule has 76 valence electrons. The Bertz CT molecular complexity index is 158.